The highest BCUT2D eigenvalue weighted by molar-refractivity contribution is 5.98. The van der Waals surface area contributed by atoms with Crippen molar-refractivity contribution in [2.24, 2.45) is 0 Å². The van der Waals surface area contributed by atoms with Crippen LogP contribution in [-0.2, 0) is 24.1 Å². The molecule has 33 heavy (non-hydrogen) atoms. The van der Waals surface area contributed by atoms with E-state index < -0.39 is 6.10 Å². The fourth-order valence-electron chi connectivity index (χ4n) is 4.36. The number of carbonyl (C=O) groups is 2. The van der Waals surface area contributed by atoms with Crippen molar-refractivity contribution in [3.8, 4) is 11.5 Å². The van der Waals surface area contributed by atoms with Crippen LogP contribution in [0, 0.1) is 0 Å². The smallest absolute Gasteiger partial charge is 0.265 e. The molecule has 6 heteroatoms. The van der Waals surface area contributed by atoms with Crippen LogP contribution in [0.1, 0.15) is 33.5 Å². The van der Waals surface area contributed by atoms with Crippen molar-refractivity contribution in [3.63, 3.8) is 0 Å². The van der Waals surface area contributed by atoms with Gasteiger partial charge in [-0.15, -0.1) is 0 Å². The summed E-state index contributed by atoms with van der Waals surface area (Å²) < 4.78 is 11.5. The van der Waals surface area contributed by atoms with Crippen LogP contribution >= 0.6 is 0 Å². The van der Waals surface area contributed by atoms with Gasteiger partial charge >= 0.3 is 0 Å². The molecule has 0 bridgehead atoms. The van der Waals surface area contributed by atoms with Gasteiger partial charge in [-0.1, -0.05) is 30.3 Å². The van der Waals surface area contributed by atoms with Crippen molar-refractivity contribution in [2.75, 3.05) is 18.5 Å². The first kappa shape index (κ1) is 21.1. The number of ether oxygens (including phenoxy) is 2. The molecule has 6 nitrogen and oxygen atoms in total. The third-order valence-corrected chi connectivity index (χ3v) is 6.06. The first-order valence-electron chi connectivity index (χ1n) is 11.3. The van der Waals surface area contributed by atoms with Gasteiger partial charge in [0.2, 0.25) is 0 Å². The Morgan fingerprint density at radius 2 is 1.82 bits per heavy atom. The van der Waals surface area contributed by atoms with Crippen LogP contribution in [0.4, 0.5) is 5.69 Å². The van der Waals surface area contributed by atoms with Crippen LogP contribution in [0.15, 0.2) is 66.7 Å². The maximum absolute atomic E-state index is 12.6. The molecule has 1 aliphatic heterocycles. The van der Waals surface area contributed by atoms with Gasteiger partial charge in [0.1, 0.15) is 18.1 Å². The van der Waals surface area contributed by atoms with Crippen molar-refractivity contribution in [2.45, 2.75) is 31.8 Å². The van der Waals surface area contributed by atoms with Gasteiger partial charge in [0, 0.05) is 17.7 Å². The molecule has 5 rings (SSSR count). The van der Waals surface area contributed by atoms with Gasteiger partial charge in [-0.05, 0) is 72.4 Å². The number of fused-ring (bicyclic) bond motifs is 2. The van der Waals surface area contributed by atoms with Gasteiger partial charge in [-0.3, -0.25) is 9.59 Å². The molecule has 168 valence electrons. The maximum atomic E-state index is 12.6. The van der Waals surface area contributed by atoms with Crippen LogP contribution in [0.3, 0.4) is 0 Å². The summed E-state index contributed by atoms with van der Waals surface area (Å²) in [4.78, 5) is 25.2. The van der Waals surface area contributed by atoms with Crippen molar-refractivity contribution in [1.82, 2.24) is 5.32 Å². The zero-order valence-corrected chi connectivity index (χ0v) is 18.3. The van der Waals surface area contributed by atoms with Gasteiger partial charge < -0.3 is 20.1 Å². The lowest BCUT2D eigenvalue weighted by Crippen LogP contribution is -2.31. The van der Waals surface area contributed by atoms with Gasteiger partial charge in [0.15, 0.2) is 6.10 Å². The van der Waals surface area contributed by atoms with E-state index in [2.05, 4.69) is 22.8 Å². The Kier molecular flexibility index (Phi) is 5.98. The van der Waals surface area contributed by atoms with Crippen molar-refractivity contribution < 1.29 is 19.1 Å². The van der Waals surface area contributed by atoms with E-state index in [1.54, 1.807) is 24.3 Å². The molecule has 1 heterocycles. The van der Waals surface area contributed by atoms with Crippen LogP contribution in [0.5, 0.6) is 11.5 Å². The molecular formula is C27H26N2O4. The number of aryl methyl sites for hydroxylation is 2. The zero-order chi connectivity index (χ0) is 22.6. The van der Waals surface area contributed by atoms with E-state index in [1.165, 1.54) is 17.5 Å². The molecule has 1 atom stereocenters. The van der Waals surface area contributed by atoms with E-state index in [0.29, 0.717) is 30.8 Å². The molecule has 1 aliphatic carbocycles. The number of carbonyl (C=O) groups excluding carboxylic acids is 2. The predicted molar refractivity (Wildman–Crippen MR) is 126 cm³/mol. The molecule has 0 radical (unpaired) electrons. The fourth-order valence-corrected chi connectivity index (χ4v) is 4.36. The van der Waals surface area contributed by atoms with E-state index in [-0.39, 0.29) is 11.8 Å². The Hall–Kier alpha value is -3.80. The van der Waals surface area contributed by atoms with Crippen LogP contribution in [0.2, 0.25) is 0 Å². The lowest BCUT2D eigenvalue weighted by atomic mass is 10.1. The Balaban J connectivity index is 1.11. The molecule has 0 fully saturated rings. The SMILES string of the molecule is O=C(NCCOc1ccc2c(c1)CCC2)c1cccc(NC(=O)C2Cc3ccccc3O2)c1. The molecule has 0 spiro atoms. The highest BCUT2D eigenvalue weighted by Gasteiger charge is 2.28. The fraction of sp³-hybridized carbons (Fsp3) is 0.259. The summed E-state index contributed by atoms with van der Waals surface area (Å²) in [6, 6.07) is 20.7. The largest absolute Gasteiger partial charge is 0.492 e. The van der Waals surface area contributed by atoms with Gasteiger partial charge in [0.05, 0.1) is 6.54 Å². The Morgan fingerprint density at radius 3 is 2.73 bits per heavy atom. The molecule has 1 unspecified atom stereocenters. The van der Waals surface area contributed by atoms with E-state index in [9.17, 15) is 9.59 Å². The minimum Gasteiger partial charge on any atom is -0.492 e. The topological polar surface area (TPSA) is 76.7 Å². The average molecular weight is 443 g/mol. The number of hydrogen-bond acceptors (Lipinski definition) is 4. The summed E-state index contributed by atoms with van der Waals surface area (Å²) in [5, 5.41) is 5.72. The highest BCUT2D eigenvalue weighted by Crippen LogP contribution is 2.29. The predicted octanol–water partition coefficient (Wildman–Crippen LogP) is 3.93. The van der Waals surface area contributed by atoms with Gasteiger partial charge in [0.25, 0.3) is 11.8 Å². The number of amides is 2. The number of benzene rings is 3. The Labute approximate surface area is 192 Å². The van der Waals surface area contributed by atoms with Crippen LogP contribution in [0.25, 0.3) is 0 Å². The van der Waals surface area contributed by atoms with E-state index in [4.69, 9.17) is 9.47 Å². The molecular weight excluding hydrogens is 416 g/mol. The number of anilines is 1. The van der Waals surface area contributed by atoms with E-state index in [1.807, 2.05) is 30.3 Å². The summed E-state index contributed by atoms with van der Waals surface area (Å²) in [7, 11) is 0. The zero-order valence-electron chi connectivity index (χ0n) is 18.3. The summed E-state index contributed by atoms with van der Waals surface area (Å²) in [6.07, 6.45) is 3.42. The Morgan fingerprint density at radius 1 is 0.939 bits per heavy atom. The summed E-state index contributed by atoms with van der Waals surface area (Å²) in [5.41, 5.74) is 4.82. The molecule has 3 aromatic rings. The van der Waals surface area contributed by atoms with Crippen molar-refractivity contribution in [3.05, 3.63) is 89.0 Å². The first-order chi connectivity index (χ1) is 16.2. The van der Waals surface area contributed by atoms with Crippen LogP contribution in [-0.4, -0.2) is 31.1 Å². The summed E-state index contributed by atoms with van der Waals surface area (Å²) in [5.74, 6) is 1.14. The van der Waals surface area contributed by atoms with E-state index >= 15 is 0 Å². The molecule has 3 aromatic carbocycles. The molecule has 0 saturated carbocycles. The quantitative estimate of drug-likeness (QED) is 0.544. The summed E-state index contributed by atoms with van der Waals surface area (Å²) >= 11 is 0. The highest BCUT2D eigenvalue weighted by atomic mass is 16.5. The first-order valence-corrected chi connectivity index (χ1v) is 11.3. The molecule has 2 aliphatic rings. The minimum atomic E-state index is -0.573. The number of para-hydroxylation sites is 1. The average Bonchev–Trinajstić information content (AvgIpc) is 3.48. The second kappa shape index (κ2) is 9.36. The van der Waals surface area contributed by atoms with Gasteiger partial charge in [-0.2, -0.15) is 0 Å². The third-order valence-electron chi connectivity index (χ3n) is 6.06. The normalized spacial score (nSPS) is 15.8. The van der Waals surface area contributed by atoms with Crippen molar-refractivity contribution in [1.29, 1.82) is 0 Å². The maximum Gasteiger partial charge on any atom is 0.265 e. The van der Waals surface area contributed by atoms with Crippen LogP contribution < -0.4 is 20.1 Å². The lowest BCUT2D eigenvalue weighted by molar-refractivity contribution is -0.122. The third kappa shape index (κ3) is 4.85. The number of hydrogen-bond donors (Lipinski definition) is 2. The lowest BCUT2D eigenvalue weighted by Gasteiger charge is -2.12. The Bertz CT molecular complexity index is 1170. The second-order valence-corrected chi connectivity index (χ2v) is 8.38. The number of rotatable bonds is 7. The molecule has 2 N–H and O–H groups in total. The standard InChI is InChI=1S/C27H26N2O4/c30-26(28-13-14-32-23-12-11-18-6-3-7-19(18)16-23)21-8-4-9-22(15-21)29-27(31)25-17-20-5-1-2-10-24(20)33-25/h1-2,4-5,8-12,15-16,25H,3,6-7,13-14,17H2,(H,28,30)(H,29,31). The molecule has 0 saturated heterocycles. The summed E-state index contributed by atoms with van der Waals surface area (Å²) in [6.45, 7) is 0.779. The van der Waals surface area contributed by atoms with Crippen molar-refractivity contribution >= 4 is 17.5 Å². The second-order valence-electron chi connectivity index (χ2n) is 8.38. The minimum absolute atomic E-state index is 0.215. The van der Waals surface area contributed by atoms with E-state index in [0.717, 1.165) is 29.9 Å². The monoisotopic (exact) mass is 442 g/mol. The molecule has 2 amide bonds. The number of nitrogens with one attached hydrogen (secondary N) is 2. The molecule has 0 aromatic heterocycles. The van der Waals surface area contributed by atoms with Gasteiger partial charge in [-0.25, -0.2) is 0 Å².